The van der Waals surface area contributed by atoms with Gasteiger partial charge in [-0.2, -0.15) is 0 Å². The standard InChI is InChI=1S/C16H22N4O2/c1-12(10-13-6-4-5-7-14(13)22-3)20(2)16(21)19-11-15-17-8-9-18-15/h4-9,12H,10-11H2,1-3H3,(H,17,18)(H,19,21). The molecule has 0 aliphatic carbocycles. The molecule has 2 rings (SSSR count). The number of H-pyrrole nitrogens is 1. The highest BCUT2D eigenvalue weighted by atomic mass is 16.5. The largest absolute Gasteiger partial charge is 0.496 e. The summed E-state index contributed by atoms with van der Waals surface area (Å²) in [5.41, 5.74) is 1.09. The van der Waals surface area contributed by atoms with Gasteiger partial charge in [0, 0.05) is 25.5 Å². The van der Waals surface area contributed by atoms with Crippen molar-refractivity contribution in [2.45, 2.75) is 25.9 Å². The van der Waals surface area contributed by atoms with Gasteiger partial charge in [-0.1, -0.05) is 18.2 Å². The number of aromatic amines is 1. The Balaban J connectivity index is 1.90. The summed E-state index contributed by atoms with van der Waals surface area (Å²) in [6, 6.07) is 7.78. The van der Waals surface area contributed by atoms with Gasteiger partial charge >= 0.3 is 6.03 Å². The van der Waals surface area contributed by atoms with Crippen LogP contribution in [-0.2, 0) is 13.0 Å². The molecule has 1 aromatic heterocycles. The van der Waals surface area contributed by atoms with Crippen molar-refractivity contribution in [2.75, 3.05) is 14.2 Å². The minimum atomic E-state index is -0.126. The van der Waals surface area contributed by atoms with Crippen LogP contribution in [0.2, 0.25) is 0 Å². The van der Waals surface area contributed by atoms with Gasteiger partial charge in [0.1, 0.15) is 11.6 Å². The molecular weight excluding hydrogens is 280 g/mol. The molecule has 118 valence electrons. The molecule has 6 heteroatoms. The van der Waals surface area contributed by atoms with Crippen molar-refractivity contribution in [3.05, 3.63) is 48.0 Å². The van der Waals surface area contributed by atoms with E-state index < -0.39 is 0 Å². The minimum absolute atomic E-state index is 0.0490. The third-order valence-electron chi connectivity index (χ3n) is 3.65. The Morgan fingerprint density at radius 1 is 1.45 bits per heavy atom. The van der Waals surface area contributed by atoms with E-state index in [2.05, 4.69) is 15.3 Å². The number of likely N-dealkylation sites (N-methyl/N-ethyl adjacent to an activating group) is 1. The van der Waals surface area contributed by atoms with Crippen LogP contribution in [0, 0.1) is 0 Å². The zero-order valence-corrected chi connectivity index (χ0v) is 13.2. The molecule has 0 fully saturated rings. The molecule has 1 heterocycles. The van der Waals surface area contributed by atoms with Gasteiger partial charge in [-0.3, -0.25) is 0 Å². The van der Waals surface area contributed by atoms with Gasteiger partial charge in [0.15, 0.2) is 0 Å². The average Bonchev–Trinajstić information content (AvgIpc) is 3.05. The van der Waals surface area contributed by atoms with Crippen molar-refractivity contribution in [2.24, 2.45) is 0 Å². The number of carbonyl (C=O) groups is 1. The predicted molar refractivity (Wildman–Crippen MR) is 84.7 cm³/mol. The van der Waals surface area contributed by atoms with Crippen LogP contribution >= 0.6 is 0 Å². The lowest BCUT2D eigenvalue weighted by Gasteiger charge is -2.25. The first-order valence-corrected chi connectivity index (χ1v) is 7.22. The quantitative estimate of drug-likeness (QED) is 0.859. The monoisotopic (exact) mass is 302 g/mol. The SMILES string of the molecule is COc1ccccc1CC(C)N(C)C(=O)NCc1ncc[nH]1. The Hall–Kier alpha value is -2.50. The lowest BCUT2D eigenvalue weighted by atomic mass is 10.1. The molecule has 1 aromatic carbocycles. The average molecular weight is 302 g/mol. The number of imidazole rings is 1. The fourth-order valence-corrected chi connectivity index (χ4v) is 2.21. The van der Waals surface area contributed by atoms with Gasteiger partial charge in [0.25, 0.3) is 0 Å². The van der Waals surface area contributed by atoms with Crippen LogP contribution in [0.5, 0.6) is 5.75 Å². The first kappa shape index (κ1) is 15.9. The molecule has 0 saturated heterocycles. The molecule has 6 nitrogen and oxygen atoms in total. The Kier molecular flexibility index (Phi) is 5.41. The molecule has 0 radical (unpaired) electrons. The van der Waals surface area contributed by atoms with E-state index in [1.54, 1.807) is 31.5 Å². The summed E-state index contributed by atoms with van der Waals surface area (Å²) < 4.78 is 5.35. The van der Waals surface area contributed by atoms with E-state index in [-0.39, 0.29) is 12.1 Å². The zero-order chi connectivity index (χ0) is 15.9. The lowest BCUT2D eigenvalue weighted by molar-refractivity contribution is 0.192. The first-order valence-electron chi connectivity index (χ1n) is 7.22. The number of rotatable bonds is 6. The summed E-state index contributed by atoms with van der Waals surface area (Å²) in [5.74, 6) is 1.58. The fourth-order valence-electron chi connectivity index (χ4n) is 2.21. The number of benzene rings is 1. The molecular formula is C16H22N4O2. The maximum Gasteiger partial charge on any atom is 0.317 e. The highest BCUT2D eigenvalue weighted by Gasteiger charge is 2.17. The maximum absolute atomic E-state index is 12.2. The van der Waals surface area contributed by atoms with Crippen molar-refractivity contribution in [3.8, 4) is 5.75 Å². The Bertz CT molecular complexity index is 598. The van der Waals surface area contributed by atoms with E-state index in [0.29, 0.717) is 6.54 Å². The number of nitrogens with one attached hydrogen (secondary N) is 2. The molecule has 0 spiro atoms. The molecule has 2 N–H and O–H groups in total. The second-order valence-corrected chi connectivity index (χ2v) is 5.17. The van der Waals surface area contributed by atoms with E-state index in [9.17, 15) is 4.79 Å². The second kappa shape index (κ2) is 7.49. The fraction of sp³-hybridized carbons (Fsp3) is 0.375. The summed E-state index contributed by atoms with van der Waals surface area (Å²) in [6.45, 7) is 2.40. The smallest absolute Gasteiger partial charge is 0.317 e. The summed E-state index contributed by atoms with van der Waals surface area (Å²) >= 11 is 0. The second-order valence-electron chi connectivity index (χ2n) is 5.17. The zero-order valence-electron chi connectivity index (χ0n) is 13.2. The molecule has 2 aromatic rings. The number of nitrogens with zero attached hydrogens (tertiary/aromatic N) is 2. The number of aromatic nitrogens is 2. The van der Waals surface area contributed by atoms with Crippen molar-refractivity contribution in [1.29, 1.82) is 0 Å². The number of urea groups is 1. The van der Waals surface area contributed by atoms with Gasteiger partial charge in [-0.25, -0.2) is 9.78 Å². The normalized spacial score (nSPS) is 11.8. The number of carbonyl (C=O) groups excluding carboxylic acids is 1. The maximum atomic E-state index is 12.2. The summed E-state index contributed by atoms with van der Waals surface area (Å²) in [5, 5.41) is 2.84. The van der Waals surface area contributed by atoms with Crippen LogP contribution in [0.4, 0.5) is 4.79 Å². The highest BCUT2D eigenvalue weighted by Crippen LogP contribution is 2.20. The number of hydrogen-bond acceptors (Lipinski definition) is 3. The number of amides is 2. The van der Waals surface area contributed by atoms with Crippen LogP contribution in [0.25, 0.3) is 0 Å². The van der Waals surface area contributed by atoms with Gasteiger partial charge in [-0.05, 0) is 25.0 Å². The summed E-state index contributed by atoms with van der Waals surface area (Å²) in [7, 11) is 3.45. The van der Waals surface area contributed by atoms with E-state index in [1.165, 1.54) is 0 Å². The molecule has 0 saturated carbocycles. The van der Waals surface area contributed by atoms with Crippen LogP contribution < -0.4 is 10.1 Å². The molecule has 1 atom stereocenters. The van der Waals surface area contributed by atoms with Crippen molar-refractivity contribution >= 4 is 6.03 Å². The molecule has 2 amide bonds. The van der Waals surface area contributed by atoms with E-state index >= 15 is 0 Å². The van der Waals surface area contributed by atoms with Crippen LogP contribution in [-0.4, -0.2) is 41.1 Å². The predicted octanol–water partition coefficient (Wildman–Crippen LogP) is 2.19. The number of para-hydroxylation sites is 1. The Labute approximate surface area is 130 Å². The summed E-state index contributed by atoms with van der Waals surface area (Å²) in [4.78, 5) is 20.9. The van der Waals surface area contributed by atoms with Crippen molar-refractivity contribution in [3.63, 3.8) is 0 Å². The van der Waals surface area contributed by atoms with Crippen molar-refractivity contribution in [1.82, 2.24) is 20.2 Å². The van der Waals surface area contributed by atoms with Crippen LogP contribution in [0.3, 0.4) is 0 Å². The molecule has 0 bridgehead atoms. The van der Waals surface area contributed by atoms with Crippen molar-refractivity contribution < 1.29 is 9.53 Å². The molecule has 0 aliphatic rings. The van der Waals surface area contributed by atoms with Crippen LogP contribution in [0.15, 0.2) is 36.7 Å². The van der Waals surface area contributed by atoms with Gasteiger partial charge in [0.2, 0.25) is 0 Å². The molecule has 1 unspecified atom stereocenters. The number of hydrogen-bond donors (Lipinski definition) is 2. The number of ether oxygens (including phenoxy) is 1. The van der Waals surface area contributed by atoms with Gasteiger partial charge in [0.05, 0.1) is 13.7 Å². The van der Waals surface area contributed by atoms with E-state index in [4.69, 9.17) is 4.74 Å². The highest BCUT2D eigenvalue weighted by molar-refractivity contribution is 5.74. The minimum Gasteiger partial charge on any atom is -0.496 e. The molecule has 0 aliphatic heterocycles. The summed E-state index contributed by atoms with van der Waals surface area (Å²) in [6.07, 6.45) is 4.12. The third kappa shape index (κ3) is 4.00. The first-order chi connectivity index (χ1) is 10.6. The van der Waals surface area contributed by atoms with Crippen LogP contribution in [0.1, 0.15) is 18.3 Å². The van der Waals surface area contributed by atoms with E-state index in [1.807, 2.05) is 31.2 Å². The topological polar surface area (TPSA) is 70.2 Å². The molecule has 22 heavy (non-hydrogen) atoms. The Morgan fingerprint density at radius 2 is 2.23 bits per heavy atom. The Morgan fingerprint density at radius 3 is 2.91 bits per heavy atom. The number of methoxy groups -OCH3 is 1. The van der Waals surface area contributed by atoms with Gasteiger partial charge in [-0.15, -0.1) is 0 Å². The third-order valence-corrected chi connectivity index (χ3v) is 3.65. The van der Waals surface area contributed by atoms with Gasteiger partial charge < -0.3 is 19.9 Å². The van der Waals surface area contributed by atoms with E-state index in [0.717, 1.165) is 23.6 Å². The lowest BCUT2D eigenvalue weighted by Crippen LogP contribution is -2.43.